The van der Waals surface area contributed by atoms with Gasteiger partial charge in [-0.2, -0.15) is 0 Å². The Hall–Kier alpha value is -2.83. The highest BCUT2D eigenvalue weighted by Crippen LogP contribution is 2.27. The summed E-state index contributed by atoms with van der Waals surface area (Å²) in [5.74, 6) is -0.782. The van der Waals surface area contributed by atoms with Crippen molar-refractivity contribution in [1.82, 2.24) is 10.3 Å². The van der Waals surface area contributed by atoms with E-state index in [1.54, 1.807) is 6.92 Å². The molecule has 0 saturated heterocycles. The monoisotopic (exact) mass is 329 g/mol. The van der Waals surface area contributed by atoms with E-state index >= 15 is 0 Å². The Labute approximate surface area is 139 Å². The van der Waals surface area contributed by atoms with Crippen LogP contribution < -0.4 is 5.32 Å². The maximum absolute atomic E-state index is 12.3. The van der Waals surface area contributed by atoms with Crippen LogP contribution in [0.5, 0.6) is 0 Å². The molecule has 7 heteroatoms. The van der Waals surface area contributed by atoms with Crippen molar-refractivity contribution in [3.63, 3.8) is 0 Å². The number of rotatable bonds is 6. The van der Waals surface area contributed by atoms with Crippen LogP contribution in [-0.4, -0.2) is 41.1 Å². The van der Waals surface area contributed by atoms with Crippen LogP contribution in [0.2, 0.25) is 0 Å². The summed E-state index contributed by atoms with van der Waals surface area (Å²) in [6, 6.07) is 1.36. The predicted octanol–water partition coefficient (Wildman–Crippen LogP) is 1.53. The second-order valence-corrected chi connectivity index (χ2v) is 5.89. The second kappa shape index (κ2) is 6.74. The molecule has 0 fully saturated rings. The van der Waals surface area contributed by atoms with E-state index in [1.807, 2.05) is 13.8 Å². The molecule has 1 unspecified atom stereocenters. The summed E-state index contributed by atoms with van der Waals surface area (Å²) in [7, 11) is 0. The van der Waals surface area contributed by atoms with Gasteiger partial charge < -0.3 is 10.1 Å². The highest BCUT2D eigenvalue weighted by atomic mass is 16.5. The van der Waals surface area contributed by atoms with Gasteiger partial charge in [-0.1, -0.05) is 26.5 Å². The summed E-state index contributed by atoms with van der Waals surface area (Å²) in [5, 5.41) is 2.66. The van der Waals surface area contributed by atoms with Crippen molar-refractivity contribution in [2.24, 2.45) is 10.9 Å². The molecule has 1 N–H and O–H groups in total. The van der Waals surface area contributed by atoms with E-state index < -0.39 is 11.5 Å². The number of nitrogens with one attached hydrogen (secondary N) is 1. The van der Waals surface area contributed by atoms with Crippen molar-refractivity contribution >= 4 is 24.0 Å². The van der Waals surface area contributed by atoms with E-state index in [0.717, 1.165) is 0 Å². The number of hydrogen-bond donors (Lipinski definition) is 1. The maximum atomic E-state index is 12.3. The summed E-state index contributed by atoms with van der Waals surface area (Å²) in [6.07, 6.45) is 3.32. The number of pyridine rings is 1. The van der Waals surface area contributed by atoms with Crippen molar-refractivity contribution in [3.8, 4) is 0 Å². The van der Waals surface area contributed by atoms with Gasteiger partial charge in [0.2, 0.25) is 0 Å². The van der Waals surface area contributed by atoms with E-state index in [-0.39, 0.29) is 41.1 Å². The number of aliphatic imine (C=N–C) groups is 1. The molecular formula is C17H19N3O4. The first-order valence-corrected chi connectivity index (χ1v) is 7.48. The molecular weight excluding hydrogens is 310 g/mol. The molecule has 0 spiro atoms. The molecule has 0 aliphatic carbocycles. The minimum Gasteiger partial charge on any atom is -0.458 e. The molecule has 0 aromatic carbocycles. The molecule has 1 atom stereocenters. The first kappa shape index (κ1) is 17.5. The molecule has 1 amide bonds. The van der Waals surface area contributed by atoms with Crippen LogP contribution in [0.1, 0.15) is 47.2 Å². The fourth-order valence-corrected chi connectivity index (χ4v) is 2.15. The van der Waals surface area contributed by atoms with Crippen LogP contribution in [0, 0.1) is 5.92 Å². The van der Waals surface area contributed by atoms with Crippen LogP contribution >= 0.6 is 0 Å². The molecule has 1 aliphatic rings. The van der Waals surface area contributed by atoms with Gasteiger partial charge in [-0.3, -0.25) is 14.6 Å². The summed E-state index contributed by atoms with van der Waals surface area (Å²) in [5.41, 5.74) is -0.482. The van der Waals surface area contributed by atoms with E-state index in [9.17, 15) is 14.4 Å². The van der Waals surface area contributed by atoms with Crippen LogP contribution in [-0.2, 0) is 9.53 Å². The maximum Gasteiger partial charge on any atom is 0.340 e. The molecule has 2 rings (SSSR count). The zero-order valence-electron chi connectivity index (χ0n) is 13.8. The molecule has 126 valence electrons. The van der Waals surface area contributed by atoms with Gasteiger partial charge in [0, 0.05) is 11.8 Å². The zero-order valence-corrected chi connectivity index (χ0v) is 13.8. The molecule has 0 saturated carbocycles. The molecule has 2 heterocycles. The van der Waals surface area contributed by atoms with Gasteiger partial charge in [-0.25, -0.2) is 9.79 Å². The van der Waals surface area contributed by atoms with Crippen molar-refractivity contribution in [1.29, 1.82) is 0 Å². The third-order valence-electron chi connectivity index (χ3n) is 3.98. The van der Waals surface area contributed by atoms with Gasteiger partial charge in [0.15, 0.2) is 12.1 Å². The molecule has 7 nitrogen and oxygen atoms in total. The van der Waals surface area contributed by atoms with Crippen molar-refractivity contribution in [2.75, 3.05) is 6.61 Å². The number of aldehydes is 1. The lowest BCUT2D eigenvalue weighted by molar-refractivity contribution is -0.124. The third-order valence-corrected chi connectivity index (χ3v) is 3.98. The Morgan fingerprint density at radius 3 is 2.75 bits per heavy atom. The summed E-state index contributed by atoms with van der Waals surface area (Å²) in [6.45, 7) is 8.98. The van der Waals surface area contributed by atoms with Crippen LogP contribution in [0.15, 0.2) is 29.9 Å². The van der Waals surface area contributed by atoms with Gasteiger partial charge in [0.25, 0.3) is 5.91 Å². The molecule has 0 bridgehead atoms. The Bertz CT molecular complexity index is 739. The van der Waals surface area contributed by atoms with E-state index in [0.29, 0.717) is 6.29 Å². The molecule has 1 aromatic heterocycles. The van der Waals surface area contributed by atoms with Crippen LogP contribution in [0.3, 0.4) is 0 Å². The average Bonchev–Trinajstić information content (AvgIpc) is 2.88. The largest absolute Gasteiger partial charge is 0.458 e. The Morgan fingerprint density at radius 1 is 1.50 bits per heavy atom. The molecule has 0 radical (unpaired) electrons. The van der Waals surface area contributed by atoms with Crippen LogP contribution in [0.4, 0.5) is 0 Å². The highest BCUT2D eigenvalue weighted by molar-refractivity contribution is 6.17. The van der Waals surface area contributed by atoms with E-state index in [4.69, 9.17) is 4.74 Å². The lowest BCUT2D eigenvalue weighted by Crippen LogP contribution is -2.41. The second-order valence-electron chi connectivity index (χ2n) is 5.89. The number of hydrogen-bond acceptors (Lipinski definition) is 6. The van der Waals surface area contributed by atoms with Crippen molar-refractivity contribution in [2.45, 2.75) is 26.3 Å². The minimum atomic E-state index is -0.942. The number of carbonyl (C=O) groups excluding carboxylic acids is 3. The number of nitrogens with zero attached hydrogens (tertiary/aromatic N) is 2. The predicted molar refractivity (Wildman–Crippen MR) is 88.0 cm³/mol. The lowest BCUT2D eigenvalue weighted by atomic mass is 9.89. The van der Waals surface area contributed by atoms with Gasteiger partial charge in [0.1, 0.15) is 17.8 Å². The summed E-state index contributed by atoms with van der Waals surface area (Å²) in [4.78, 5) is 44.0. The van der Waals surface area contributed by atoms with E-state index in [1.165, 1.54) is 18.3 Å². The number of ether oxygens (including phenoxy) is 1. The first-order valence-electron chi connectivity index (χ1n) is 7.48. The fourth-order valence-electron chi connectivity index (χ4n) is 2.15. The number of carbonyl (C=O) groups is 3. The van der Waals surface area contributed by atoms with E-state index in [2.05, 4.69) is 21.9 Å². The fraction of sp³-hybridized carbons (Fsp3) is 0.353. The number of esters is 1. The smallest absolute Gasteiger partial charge is 0.340 e. The van der Waals surface area contributed by atoms with Gasteiger partial charge in [0.05, 0.1) is 5.56 Å². The first-order chi connectivity index (χ1) is 11.3. The van der Waals surface area contributed by atoms with Crippen molar-refractivity contribution in [3.05, 3.63) is 41.7 Å². The third kappa shape index (κ3) is 3.10. The molecule has 24 heavy (non-hydrogen) atoms. The molecule has 1 aromatic rings. The Kier molecular flexibility index (Phi) is 4.92. The lowest BCUT2D eigenvalue weighted by Gasteiger charge is -2.21. The minimum absolute atomic E-state index is 0.0200. The Morgan fingerprint density at radius 2 is 2.21 bits per heavy atom. The molecule has 1 aliphatic heterocycles. The highest BCUT2D eigenvalue weighted by Gasteiger charge is 2.43. The van der Waals surface area contributed by atoms with Gasteiger partial charge in [-0.15, -0.1) is 0 Å². The van der Waals surface area contributed by atoms with Gasteiger partial charge in [-0.05, 0) is 18.9 Å². The topological polar surface area (TPSA) is 97.7 Å². The quantitative estimate of drug-likeness (QED) is 0.485. The zero-order chi connectivity index (χ0) is 17.9. The SMILES string of the molecule is C=CCOC(=O)c1cc(C=O)cnc1C1=NC(C)(C(C)C)C(=O)N1. The normalized spacial score (nSPS) is 19.7. The summed E-state index contributed by atoms with van der Waals surface area (Å²) >= 11 is 0. The Balaban J connectivity index is 2.50. The number of amides is 1. The number of aromatic nitrogens is 1. The van der Waals surface area contributed by atoms with Crippen molar-refractivity contribution < 1.29 is 19.1 Å². The number of amidine groups is 1. The van der Waals surface area contributed by atoms with Crippen LogP contribution in [0.25, 0.3) is 0 Å². The van der Waals surface area contributed by atoms with Gasteiger partial charge >= 0.3 is 5.97 Å². The summed E-state index contributed by atoms with van der Waals surface area (Å²) < 4.78 is 5.02. The average molecular weight is 329 g/mol. The standard InChI is InChI=1S/C17H19N3O4/c1-5-6-24-15(22)12-7-11(9-21)8-18-13(12)14-19-16(23)17(4,20-14)10(2)3/h5,7-10H,1,6H2,2-4H3,(H,19,20,23).